The molecule has 4 aliphatic rings. The fourth-order valence-corrected chi connectivity index (χ4v) is 2.99. The molecule has 3 saturated heterocycles. The Hall–Kier alpha value is -0.280. The van der Waals surface area contributed by atoms with E-state index in [1.807, 2.05) is 0 Å². The second kappa shape index (κ2) is 2.85. The van der Waals surface area contributed by atoms with E-state index in [1.54, 1.807) is 0 Å². The first-order chi connectivity index (χ1) is 5.87. The minimum atomic E-state index is 0. The molecule has 4 heteroatoms. The molecule has 4 rings (SSSR count). The van der Waals surface area contributed by atoms with Crippen LogP contribution in [0.2, 0.25) is 0 Å². The van der Waals surface area contributed by atoms with Crippen LogP contribution in [0.5, 0.6) is 0 Å². The van der Waals surface area contributed by atoms with Gasteiger partial charge in [-0.05, 0) is 38.8 Å². The number of oxime groups is 1. The maximum Gasteiger partial charge on any atom is 0.0805 e. The number of fused-ring (bicyclic) bond motifs is 2. The van der Waals surface area contributed by atoms with E-state index in [0.717, 1.165) is 5.71 Å². The summed E-state index contributed by atoms with van der Waals surface area (Å²) in [7, 11) is 0. The third kappa shape index (κ3) is 1.03. The fourth-order valence-electron chi connectivity index (χ4n) is 2.99. The van der Waals surface area contributed by atoms with E-state index in [0.29, 0.717) is 5.92 Å². The number of hydrogen-bond acceptors (Lipinski definition) is 3. The Morgan fingerprint density at radius 1 is 1.31 bits per heavy atom. The van der Waals surface area contributed by atoms with Crippen LogP contribution in [0.4, 0.5) is 0 Å². The number of piperidine rings is 3. The molecule has 1 aliphatic carbocycles. The summed E-state index contributed by atoms with van der Waals surface area (Å²) in [5.41, 5.74) is 1.34. The van der Waals surface area contributed by atoms with Crippen molar-refractivity contribution in [1.29, 1.82) is 0 Å². The lowest BCUT2D eigenvalue weighted by molar-refractivity contribution is 0.125. The van der Waals surface area contributed by atoms with E-state index in [-0.39, 0.29) is 17.9 Å². The molecular formula is C9H15ClN2O. The molecule has 74 valence electrons. The number of hydrogen-bond donors (Lipinski definition) is 1. The maximum atomic E-state index is 8.95. The quantitative estimate of drug-likeness (QED) is 0.477. The Balaban J connectivity index is 0.000000653. The van der Waals surface area contributed by atoms with E-state index in [4.69, 9.17) is 5.21 Å². The molecule has 0 aromatic heterocycles. The lowest BCUT2D eigenvalue weighted by Crippen LogP contribution is -2.57. The summed E-state index contributed by atoms with van der Waals surface area (Å²) in [5, 5.41) is 12.5. The number of halogens is 1. The topological polar surface area (TPSA) is 35.8 Å². The van der Waals surface area contributed by atoms with Gasteiger partial charge in [-0.15, -0.1) is 12.4 Å². The monoisotopic (exact) mass is 202 g/mol. The molecule has 4 fully saturated rings. The molecule has 0 radical (unpaired) electrons. The molecule has 0 atom stereocenters. The van der Waals surface area contributed by atoms with E-state index < -0.39 is 0 Å². The van der Waals surface area contributed by atoms with Gasteiger partial charge in [-0.2, -0.15) is 0 Å². The first kappa shape index (κ1) is 9.28. The van der Waals surface area contributed by atoms with Crippen LogP contribution in [0.25, 0.3) is 0 Å². The van der Waals surface area contributed by atoms with Gasteiger partial charge in [0.1, 0.15) is 0 Å². The molecule has 0 aromatic carbocycles. The van der Waals surface area contributed by atoms with Gasteiger partial charge >= 0.3 is 0 Å². The summed E-state index contributed by atoms with van der Waals surface area (Å²) in [5.74, 6) is 0.600. The summed E-state index contributed by atoms with van der Waals surface area (Å²) in [4.78, 5) is 2.52. The van der Waals surface area contributed by atoms with Crippen LogP contribution in [0.1, 0.15) is 25.7 Å². The van der Waals surface area contributed by atoms with Gasteiger partial charge in [0.25, 0.3) is 0 Å². The third-order valence-corrected chi connectivity index (χ3v) is 3.80. The van der Waals surface area contributed by atoms with Crippen LogP contribution in [-0.4, -0.2) is 34.4 Å². The molecule has 0 unspecified atom stereocenters. The zero-order valence-corrected chi connectivity index (χ0v) is 8.39. The fraction of sp³-hybridized carbons (Fsp3) is 0.889. The Morgan fingerprint density at radius 3 is 2.31 bits per heavy atom. The molecule has 1 saturated carbocycles. The van der Waals surface area contributed by atoms with Crippen LogP contribution < -0.4 is 0 Å². The van der Waals surface area contributed by atoms with Crippen LogP contribution >= 0.6 is 12.4 Å². The summed E-state index contributed by atoms with van der Waals surface area (Å²) >= 11 is 0. The van der Waals surface area contributed by atoms with Crippen LogP contribution in [0.3, 0.4) is 0 Å². The predicted molar refractivity (Wildman–Crippen MR) is 52.7 cm³/mol. The van der Waals surface area contributed by atoms with E-state index in [1.165, 1.54) is 38.8 Å². The van der Waals surface area contributed by atoms with Gasteiger partial charge in [0.15, 0.2) is 0 Å². The zero-order chi connectivity index (χ0) is 8.18. The third-order valence-electron chi connectivity index (χ3n) is 3.80. The molecule has 3 heterocycles. The van der Waals surface area contributed by atoms with Crippen molar-refractivity contribution < 1.29 is 5.21 Å². The van der Waals surface area contributed by atoms with Gasteiger partial charge in [-0.25, -0.2) is 0 Å². The normalized spacial score (nSPS) is 42.0. The highest BCUT2D eigenvalue weighted by Gasteiger charge is 2.58. The van der Waals surface area contributed by atoms with E-state index >= 15 is 0 Å². The average Bonchev–Trinajstić information content (AvgIpc) is 2.88. The standard InChI is InChI=1S/C9H14N2O.ClH/c12-10-8-7-1-5-11(6-2-7)9(8)3-4-9;/h7,12H,1-6H2;1H. The second-order valence-corrected chi connectivity index (χ2v) is 4.28. The summed E-state index contributed by atoms with van der Waals surface area (Å²) in [6, 6.07) is 0. The van der Waals surface area contributed by atoms with Gasteiger partial charge in [0, 0.05) is 5.92 Å². The van der Waals surface area contributed by atoms with Crippen molar-refractivity contribution in [3.8, 4) is 0 Å². The smallest absolute Gasteiger partial charge is 0.0805 e. The van der Waals surface area contributed by atoms with Crippen molar-refractivity contribution in [3.63, 3.8) is 0 Å². The summed E-state index contributed by atoms with van der Waals surface area (Å²) in [6.45, 7) is 2.45. The van der Waals surface area contributed by atoms with E-state index in [2.05, 4.69) is 10.1 Å². The minimum absolute atomic E-state index is 0. The largest absolute Gasteiger partial charge is 0.411 e. The van der Waals surface area contributed by atoms with Gasteiger partial charge in [-0.1, -0.05) is 5.16 Å². The lowest BCUT2D eigenvalue weighted by Gasteiger charge is -2.46. The van der Waals surface area contributed by atoms with Gasteiger partial charge < -0.3 is 5.21 Å². The van der Waals surface area contributed by atoms with Crippen molar-refractivity contribution in [2.24, 2.45) is 11.1 Å². The van der Waals surface area contributed by atoms with Crippen LogP contribution in [0, 0.1) is 5.92 Å². The maximum absolute atomic E-state index is 8.95. The molecule has 1 N–H and O–H groups in total. The predicted octanol–water partition coefficient (Wildman–Crippen LogP) is 1.50. The Bertz CT molecular complexity index is 242. The van der Waals surface area contributed by atoms with Gasteiger partial charge in [0.2, 0.25) is 0 Å². The SMILES string of the molecule is Cl.ON=C1C2CCN(CC2)C12CC2. The molecule has 0 aromatic rings. The molecule has 2 bridgehead atoms. The highest BCUT2D eigenvalue weighted by molar-refractivity contribution is 5.99. The molecule has 3 aliphatic heterocycles. The minimum Gasteiger partial charge on any atom is -0.411 e. The van der Waals surface area contributed by atoms with Crippen molar-refractivity contribution in [1.82, 2.24) is 4.90 Å². The number of rotatable bonds is 0. The highest BCUT2D eigenvalue weighted by Crippen LogP contribution is 2.51. The Kier molecular flexibility index (Phi) is 2.04. The molecule has 1 spiro atoms. The average molecular weight is 203 g/mol. The highest BCUT2D eigenvalue weighted by atomic mass is 35.5. The van der Waals surface area contributed by atoms with Gasteiger partial charge in [0.05, 0.1) is 11.3 Å². The Morgan fingerprint density at radius 2 is 1.92 bits per heavy atom. The molecule has 0 amide bonds. The van der Waals surface area contributed by atoms with Crippen molar-refractivity contribution in [3.05, 3.63) is 0 Å². The Labute approximate surface area is 84.2 Å². The summed E-state index contributed by atoms with van der Waals surface area (Å²) < 4.78 is 0. The van der Waals surface area contributed by atoms with Crippen molar-refractivity contribution in [2.45, 2.75) is 31.2 Å². The first-order valence-corrected chi connectivity index (χ1v) is 4.84. The van der Waals surface area contributed by atoms with Crippen molar-refractivity contribution >= 4 is 18.1 Å². The van der Waals surface area contributed by atoms with Gasteiger partial charge in [-0.3, -0.25) is 4.90 Å². The second-order valence-electron chi connectivity index (χ2n) is 4.28. The lowest BCUT2D eigenvalue weighted by atomic mass is 9.80. The van der Waals surface area contributed by atoms with Crippen LogP contribution in [-0.2, 0) is 0 Å². The molecule has 3 nitrogen and oxygen atoms in total. The van der Waals surface area contributed by atoms with Crippen LogP contribution in [0.15, 0.2) is 5.16 Å². The number of nitrogens with zero attached hydrogens (tertiary/aromatic N) is 2. The zero-order valence-electron chi connectivity index (χ0n) is 7.57. The van der Waals surface area contributed by atoms with Crippen molar-refractivity contribution in [2.75, 3.05) is 13.1 Å². The molecular weight excluding hydrogens is 188 g/mol. The van der Waals surface area contributed by atoms with E-state index in [9.17, 15) is 0 Å². The molecule has 13 heavy (non-hydrogen) atoms. The summed E-state index contributed by atoms with van der Waals surface area (Å²) in [6.07, 6.45) is 4.87. The first-order valence-electron chi connectivity index (χ1n) is 4.84.